The third kappa shape index (κ3) is 2.65. The number of hydrogen-bond acceptors (Lipinski definition) is 4. The predicted octanol–water partition coefficient (Wildman–Crippen LogP) is 2.50. The summed E-state index contributed by atoms with van der Waals surface area (Å²) in [6.45, 7) is 5.68. The molecule has 0 amide bonds. The molecule has 1 aromatic heterocycles. The zero-order valence-electron chi connectivity index (χ0n) is 11.8. The van der Waals surface area contributed by atoms with Crippen LogP contribution in [0.3, 0.4) is 0 Å². The molecule has 1 aromatic carbocycles. The normalized spacial score (nSPS) is 17.1. The Bertz CT molecular complexity index is 581. The van der Waals surface area contributed by atoms with E-state index >= 15 is 0 Å². The molecule has 0 aliphatic carbocycles. The van der Waals surface area contributed by atoms with Crippen molar-refractivity contribution in [2.24, 2.45) is 0 Å². The summed E-state index contributed by atoms with van der Waals surface area (Å²) in [7, 11) is 0. The number of aromatic nitrogens is 2. The molecule has 2 aromatic rings. The first-order valence-electron chi connectivity index (χ1n) is 7.00. The fourth-order valence-electron chi connectivity index (χ4n) is 2.33. The van der Waals surface area contributed by atoms with Gasteiger partial charge in [0.2, 0.25) is 0 Å². The van der Waals surface area contributed by atoms with Crippen LogP contribution < -0.4 is 10.1 Å². The second-order valence-electron chi connectivity index (χ2n) is 5.39. The number of hydrogen-bond donors (Lipinski definition) is 1. The van der Waals surface area contributed by atoms with Crippen molar-refractivity contribution in [1.29, 1.82) is 0 Å². The standard InChI is InChI=1S/C16H19N3O/c1-11(2)17-7-12-8-18-16(19-9-12)14-10-20-15-6-4-3-5-13(14)15/h3-6,8-9,11,14,17H,7,10H2,1-2H3. The van der Waals surface area contributed by atoms with Crippen molar-refractivity contribution in [3.63, 3.8) is 0 Å². The number of nitrogens with zero attached hydrogens (tertiary/aromatic N) is 2. The molecule has 0 fully saturated rings. The van der Waals surface area contributed by atoms with E-state index in [4.69, 9.17) is 4.74 Å². The predicted molar refractivity (Wildman–Crippen MR) is 77.8 cm³/mol. The number of benzene rings is 1. The summed E-state index contributed by atoms with van der Waals surface area (Å²) < 4.78 is 5.68. The smallest absolute Gasteiger partial charge is 0.139 e. The SMILES string of the molecule is CC(C)NCc1cnc(C2COc3ccccc32)nc1. The molecule has 0 bridgehead atoms. The Morgan fingerprint density at radius 2 is 2.00 bits per heavy atom. The molecule has 4 heteroatoms. The van der Waals surface area contributed by atoms with Crippen LogP contribution in [-0.2, 0) is 6.54 Å². The Morgan fingerprint density at radius 1 is 1.25 bits per heavy atom. The highest BCUT2D eigenvalue weighted by Crippen LogP contribution is 2.36. The molecule has 1 atom stereocenters. The lowest BCUT2D eigenvalue weighted by atomic mass is 10.0. The first-order chi connectivity index (χ1) is 9.74. The van der Waals surface area contributed by atoms with Gasteiger partial charge in [-0.15, -0.1) is 0 Å². The van der Waals surface area contributed by atoms with Crippen molar-refractivity contribution in [2.45, 2.75) is 32.4 Å². The van der Waals surface area contributed by atoms with Crippen LogP contribution in [0, 0.1) is 0 Å². The molecule has 1 unspecified atom stereocenters. The summed E-state index contributed by atoms with van der Waals surface area (Å²) in [6.07, 6.45) is 3.80. The van der Waals surface area contributed by atoms with Crippen LogP contribution >= 0.6 is 0 Å². The van der Waals surface area contributed by atoms with Gasteiger partial charge < -0.3 is 10.1 Å². The van der Waals surface area contributed by atoms with Crippen molar-refractivity contribution < 1.29 is 4.74 Å². The van der Waals surface area contributed by atoms with Crippen LogP contribution in [0.25, 0.3) is 0 Å². The van der Waals surface area contributed by atoms with E-state index < -0.39 is 0 Å². The second-order valence-corrected chi connectivity index (χ2v) is 5.39. The average molecular weight is 269 g/mol. The molecule has 0 saturated heterocycles. The van der Waals surface area contributed by atoms with E-state index in [9.17, 15) is 0 Å². The Hall–Kier alpha value is -1.94. The van der Waals surface area contributed by atoms with Crippen LogP contribution in [0.1, 0.15) is 36.7 Å². The molecule has 1 aliphatic heterocycles. The van der Waals surface area contributed by atoms with E-state index in [0.29, 0.717) is 12.6 Å². The molecular weight excluding hydrogens is 250 g/mol. The fraction of sp³-hybridized carbons (Fsp3) is 0.375. The van der Waals surface area contributed by atoms with Crippen LogP contribution in [0.5, 0.6) is 5.75 Å². The van der Waals surface area contributed by atoms with Gasteiger partial charge in [-0.3, -0.25) is 0 Å². The maximum absolute atomic E-state index is 5.68. The molecule has 1 N–H and O–H groups in total. The summed E-state index contributed by atoms with van der Waals surface area (Å²) in [5.74, 6) is 1.94. The minimum Gasteiger partial charge on any atom is -0.492 e. The number of ether oxygens (including phenoxy) is 1. The van der Waals surface area contributed by atoms with Gasteiger partial charge in [0.1, 0.15) is 18.2 Å². The highest BCUT2D eigenvalue weighted by molar-refractivity contribution is 5.42. The Kier molecular flexibility index (Phi) is 3.65. The third-order valence-corrected chi connectivity index (χ3v) is 3.45. The van der Waals surface area contributed by atoms with Gasteiger partial charge in [-0.2, -0.15) is 0 Å². The third-order valence-electron chi connectivity index (χ3n) is 3.45. The zero-order valence-corrected chi connectivity index (χ0v) is 11.8. The maximum Gasteiger partial charge on any atom is 0.139 e. The van der Waals surface area contributed by atoms with Crippen molar-refractivity contribution in [3.05, 3.63) is 53.6 Å². The van der Waals surface area contributed by atoms with Crippen LogP contribution in [0.4, 0.5) is 0 Å². The molecule has 0 saturated carbocycles. The summed E-state index contributed by atoms with van der Waals surface area (Å²) in [4.78, 5) is 9.01. The van der Waals surface area contributed by atoms with Crippen molar-refractivity contribution in [3.8, 4) is 5.75 Å². The molecule has 1 aliphatic rings. The molecule has 20 heavy (non-hydrogen) atoms. The Balaban J connectivity index is 1.76. The lowest BCUT2D eigenvalue weighted by molar-refractivity contribution is 0.339. The maximum atomic E-state index is 5.68. The average Bonchev–Trinajstić information content (AvgIpc) is 2.89. The lowest BCUT2D eigenvalue weighted by Crippen LogP contribution is -2.22. The Morgan fingerprint density at radius 3 is 2.75 bits per heavy atom. The topological polar surface area (TPSA) is 47.0 Å². The molecule has 104 valence electrons. The zero-order chi connectivity index (χ0) is 13.9. The van der Waals surface area contributed by atoms with E-state index in [1.165, 1.54) is 5.56 Å². The van der Waals surface area contributed by atoms with E-state index in [1.807, 2.05) is 30.6 Å². The minimum absolute atomic E-state index is 0.151. The van der Waals surface area contributed by atoms with Gasteiger partial charge >= 0.3 is 0 Å². The van der Waals surface area contributed by atoms with Gasteiger partial charge in [0, 0.05) is 36.1 Å². The lowest BCUT2D eigenvalue weighted by Gasteiger charge is -2.10. The van der Waals surface area contributed by atoms with E-state index in [-0.39, 0.29) is 5.92 Å². The molecule has 2 heterocycles. The van der Waals surface area contributed by atoms with Gasteiger partial charge in [0.25, 0.3) is 0 Å². The summed E-state index contributed by atoms with van der Waals surface area (Å²) in [5.41, 5.74) is 2.29. The fourth-order valence-corrected chi connectivity index (χ4v) is 2.33. The van der Waals surface area contributed by atoms with Crippen molar-refractivity contribution in [1.82, 2.24) is 15.3 Å². The second kappa shape index (κ2) is 5.59. The molecule has 3 rings (SSSR count). The molecule has 0 radical (unpaired) electrons. The van der Waals surface area contributed by atoms with E-state index in [2.05, 4.69) is 35.2 Å². The van der Waals surface area contributed by atoms with Gasteiger partial charge in [0.15, 0.2) is 0 Å². The number of rotatable bonds is 4. The number of fused-ring (bicyclic) bond motifs is 1. The number of para-hydroxylation sites is 1. The van der Waals surface area contributed by atoms with Gasteiger partial charge in [-0.05, 0) is 6.07 Å². The molecular formula is C16H19N3O. The van der Waals surface area contributed by atoms with Crippen LogP contribution in [0.2, 0.25) is 0 Å². The van der Waals surface area contributed by atoms with E-state index in [0.717, 1.165) is 23.7 Å². The van der Waals surface area contributed by atoms with Gasteiger partial charge in [-0.1, -0.05) is 32.0 Å². The van der Waals surface area contributed by atoms with Gasteiger partial charge in [-0.25, -0.2) is 9.97 Å². The summed E-state index contributed by atoms with van der Waals surface area (Å²) in [6, 6.07) is 8.56. The van der Waals surface area contributed by atoms with Crippen molar-refractivity contribution >= 4 is 0 Å². The highest BCUT2D eigenvalue weighted by Gasteiger charge is 2.27. The van der Waals surface area contributed by atoms with Crippen molar-refractivity contribution in [2.75, 3.05) is 6.61 Å². The highest BCUT2D eigenvalue weighted by atomic mass is 16.5. The van der Waals surface area contributed by atoms with E-state index in [1.54, 1.807) is 0 Å². The Labute approximate surface area is 119 Å². The first kappa shape index (κ1) is 13.1. The molecule has 4 nitrogen and oxygen atoms in total. The largest absolute Gasteiger partial charge is 0.492 e. The minimum atomic E-state index is 0.151. The summed E-state index contributed by atoms with van der Waals surface area (Å²) >= 11 is 0. The van der Waals surface area contributed by atoms with Crippen LogP contribution in [0.15, 0.2) is 36.7 Å². The molecule has 0 spiro atoms. The monoisotopic (exact) mass is 269 g/mol. The first-order valence-corrected chi connectivity index (χ1v) is 7.00. The van der Waals surface area contributed by atoms with Gasteiger partial charge in [0.05, 0.1) is 5.92 Å². The van der Waals surface area contributed by atoms with Crippen LogP contribution in [-0.4, -0.2) is 22.6 Å². The quantitative estimate of drug-likeness (QED) is 0.926. The number of nitrogens with one attached hydrogen (secondary N) is 1. The summed E-state index contributed by atoms with van der Waals surface area (Å²) in [5, 5.41) is 3.36.